The number of carbonyl (C=O) groups is 2. The molecule has 1 aliphatic carbocycles. The highest BCUT2D eigenvalue weighted by atomic mass is 16.5. The van der Waals surface area contributed by atoms with Crippen LogP contribution in [-0.2, 0) is 0 Å². The number of Topliss-reactive ketones (excluding diaryl/α,β-unsaturated/α-hetero) is 1. The third-order valence-electron chi connectivity index (χ3n) is 6.17. The number of carbonyl (C=O) groups excluding carboxylic acids is 2. The molecule has 1 aliphatic rings. The van der Waals surface area contributed by atoms with Crippen LogP contribution in [-0.4, -0.2) is 28.9 Å². The molecule has 7 heteroatoms. The summed E-state index contributed by atoms with van der Waals surface area (Å²) in [7, 11) is 1.38. The molecule has 1 aromatic heterocycles. The number of methoxy groups -OCH3 is 1. The zero-order chi connectivity index (χ0) is 24.5. The lowest BCUT2D eigenvalue weighted by Crippen LogP contribution is -2.18. The lowest BCUT2D eigenvalue weighted by molar-refractivity contribution is 0.100. The van der Waals surface area contributed by atoms with Gasteiger partial charge >= 0.3 is 5.63 Å². The Morgan fingerprint density at radius 1 is 0.824 bits per heavy atom. The Morgan fingerprint density at radius 2 is 1.53 bits per heavy atom. The Labute approximate surface area is 193 Å². The zero-order valence-electron chi connectivity index (χ0n) is 18.9. The van der Waals surface area contributed by atoms with Gasteiger partial charge < -0.3 is 19.4 Å². The summed E-state index contributed by atoms with van der Waals surface area (Å²) < 4.78 is 10.6. The topological polar surface area (TPSA) is 114 Å². The van der Waals surface area contributed by atoms with E-state index in [1.807, 2.05) is 13.0 Å². The predicted octanol–water partition coefficient (Wildman–Crippen LogP) is 4.75. The maximum atomic E-state index is 13.5. The van der Waals surface area contributed by atoms with Crippen molar-refractivity contribution in [2.24, 2.45) is 0 Å². The first-order chi connectivity index (χ1) is 16.1. The molecule has 0 spiro atoms. The molecule has 4 aromatic rings. The summed E-state index contributed by atoms with van der Waals surface area (Å²) in [4.78, 5) is 38.9. The minimum atomic E-state index is -0.755. The molecule has 1 heterocycles. The van der Waals surface area contributed by atoms with Gasteiger partial charge in [-0.25, -0.2) is 4.79 Å². The fourth-order valence-electron chi connectivity index (χ4n) is 4.78. The van der Waals surface area contributed by atoms with E-state index in [1.54, 1.807) is 38.1 Å². The number of aryl methyl sites for hydroxylation is 3. The van der Waals surface area contributed by atoms with Crippen LogP contribution in [0.4, 0.5) is 0 Å². The van der Waals surface area contributed by atoms with Crippen LogP contribution in [0.25, 0.3) is 27.1 Å². The average molecular weight is 456 g/mol. The van der Waals surface area contributed by atoms with Crippen molar-refractivity contribution in [2.75, 3.05) is 7.11 Å². The van der Waals surface area contributed by atoms with Crippen LogP contribution in [0.1, 0.15) is 43.2 Å². The number of benzene rings is 3. The molecule has 0 saturated heterocycles. The van der Waals surface area contributed by atoms with Gasteiger partial charge in [-0.3, -0.25) is 9.59 Å². The summed E-state index contributed by atoms with van der Waals surface area (Å²) in [5.41, 5.74) is 1.20. The highest BCUT2D eigenvalue weighted by Gasteiger charge is 2.32. The van der Waals surface area contributed by atoms with Gasteiger partial charge in [0, 0.05) is 16.7 Å². The van der Waals surface area contributed by atoms with E-state index in [9.17, 15) is 24.6 Å². The second-order valence-corrected chi connectivity index (χ2v) is 8.49. The van der Waals surface area contributed by atoms with Crippen LogP contribution in [0.3, 0.4) is 0 Å². The molecule has 2 N–H and O–H groups in total. The Hall–Kier alpha value is -4.39. The molecule has 3 aromatic carbocycles. The third kappa shape index (κ3) is 2.94. The first-order valence-corrected chi connectivity index (χ1v) is 10.5. The van der Waals surface area contributed by atoms with E-state index in [0.29, 0.717) is 27.7 Å². The van der Waals surface area contributed by atoms with E-state index in [2.05, 4.69) is 0 Å². The van der Waals surface area contributed by atoms with Gasteiger partial charge in [0.1, 0.15) is 28.4 Å². The summed E-state index contributed by atoms with van der Waals surface area (Å²) in [6, 6.07) is 8.23. The molecular weight excluding hydrogens is 436 g/mol. The standard InChI is InChI=1S/C27H20O7/c1-11-5-12(2)20-16(6-11)18(28)10-17(24(20)29)23-19(33-4)9-15-8-14-7-13(3)34-27(32)22(14)25(30)21(15)26(23)31/h5-10,30-31H,1-4H3. The van der Waals surface area contributed by atoms with Gasteiger partial charge in [-0.2, -0.15) is 0 Å². The number of phenols is 2. The molecule has 170 valence electrons. The van der Waals surface area contributed by atoms with E-state index in [0.717, 1.165) is 5.56 Å². The molecule has 7 nitrogen and oxygen atoms in total. The van der Waals surface area contributed by atoms with Gasteiger partial charge in [-0.15, -0.1) is 0 Å². The highest BCUT2D eigenvalue weighted by molar-refractivity contribution is 6.40. The first kappa shape index (κ1) is 21.5. The molecule has 0 atom stereocenters. The molecule has 0 fully saturated rings. The molecule has 5 rings (SSSR count). The van der Waals surface area contributed by atoms with E-state index >= 15 is 0 Å². The summed E-state index contributed by atoms with van der Waals surface area (Å²) >= 11 is 0. The maximum Gasteiger partial charge on any atom is 0.347 e. The van der Waals surface area contributed by atoms with Crippen LogP contribution in [0, 0.1) is 20.8 Å². The molecule has 0 amide bonds. The maximum absolute atomic E-state index is 13.5. The second-order valence-electron chi connectivity index (χ2n) is 8.49. The van der Waals surface area contributed by atoms with E-state index < -0.39 is 22.9 Å². The van der Waals surface area contributed by atoms with Gasteiger partial charge in [0.25, 0.3) is 0 Å². The summed E-state index contributed by atoms with van der Waals surface area (Å²) in [6.07, 6.45) is 1.17. The number of hydrogen-bond acceptors (Lipinski definition) is 7. The second kappa shape index (κ2) is 7.31. The molecule has 0 radical (unpaired) electrons. The van der Waals surface area contributed by atoms with E-state index in [-0.39, 0.29) is 39.0 Å². The smallest absolute Gasteiger partial charge is 0.347 e. The van der Waals surface area contributed by atoms with Crippen LogP contribution >= 0.6 is 0 Å². The van der Waals surface area contributed by atoms with Crippen molar-refractivity contribution in [3.63, 3.8) is 0 Å². The van der Waals surface area contributed by atoms with Crippen molar-refractivity contribution in [2.45, 2.75) is 20.8 Å². The van der Waals surface area contributed by atoms with Crippen LogP contribution in [0.5, 0.6) is 17.2 Å². The molecule has 0 aliphatic heterocycles. The third-order valence-corrected chi connectivity index (χ3v) is 6.17. The number of fused-ring (bicyclic) bond motifs is 3. The monoisotopic (exact) mass is 456 g/mol. The Morgan fingerprint density at radius 3 is 2.24 bits per heavy atom. The summed E-state index contributed by atoms with van der Waals surface area (Å²) in [5.74, 6) is -1.28. The fourth-order valence-corrected chi connectivity index (χ4v) is 4.78. The summed E-state index contributed by atoms with van der Waals surface area (Å²) in [6.45, 7) is 5.20. The normalized spacial score (nSPS) is 13.4. The van der Waals surface area contributed by atoms with Gasteiger partial charge in [0.05, 0.1) is 18.1 Å². The SMILES string of the molecule is COc1cc2cc3cc(C)oc(=O)c3c(O)c2c(O)c1C1=CC(=O)c2cc(C)cc(C)c2C1=O. The number of ketones is 2. The number of allylic oxidation sites excluding steroid dienone is 2. The van der Waals surface area contributed by atoms with Crippen molar-refractivity contribution in [1.29, 1.82) is 0 Å². The number of hydrogen-bond donors (Lipinski definition) is 2. The lowest BCUT2D eigenvalue weighted by Gasteiger charge is -2.21. The number of rotatable bonds is 2. The van der Waals surface area contributed by atoms with Gasteiger partial charge in [-0.05, 0) is 67.4 Å². The van der Waals surface area contributed by atoms with Crippen molar-refractivity contribution in [3.8, 4) is 17.2 Å². The number of ether oxygens (including phenoxy) is 1. The van der Waals surface area contributed by atoms with E-state index in [4.69, 9.17) is 9.15 Å². The van der Waals surface area contributed by atoms with Crippen molar-refractivity contribution in [1.82, 2.24) is 0 Å². The Bertz CT molecular complexity index is 1690. The predicted molar refractivity (Wildman–Crippen MR) is 127 cm³/mol. The fraction of sp³-hybridized carbons (Fsp3) is 0.148. The minimum Gasteiger partial charge on any atom is -0.506 e. The lowest BCUT2D eigenvalue weighted by atomic mass is 9.82. The largest absolute Gasteiger partial charge is 0.506 e. The molecule has 0 bridgehead atoms. The zero-order valence-corrected chi connectivity index (χ0v) is 18.9. The highest BCUT2D eigenvalue weighted by Crippen LogP contribution is 2.47. The van der Waals surface area contributed by atoms with Gasteiger partial charge in [0.2, 0.25) is 0 Å². The van der Waals surface area contributed by atoms with Gasteiger partial charge in [0.15, 0.2) is 11.6 Å². The molecule has 0 unspecified atom stereocenters. The van der Waals surface area contributed by atoms with Crippen molar-refractivity contribution >= 4 is 38.7 Å². The first-order valence-electron chi connectivity index (χ1n) is 10.5. The van der Waals surface area contributed by atoms with Crippen LogP contribution in [0.2, 0.25) is 0 Å². The number of phenolic OH excluding ortho intramolecular Hbond substituents is 2. The summed E-state index contributed by atoms with van der Waals surface area (Å²) in [5, 5.41) is 22.9. The molecule has 34 heavy (non-hydrogen) atoms. The molecule has 0 saturated carbocycles. The number of aromatic hydroxyl groups is 2. The van der Waals surface area contributed by atoms with Crippen molar-refractivity contribution < 1.29 is 29.0 Å². The Kier molecular flexibility index (Phi) is 4.61. The average Bonchev–Trinajstić information content (AvgIpc) is 2.75. The Balaban J connectivity index is 1.86. The van der Waals surface area contributed by atoms with Crippen LogP contribution < -0.4 is 10.4 Å². The van der Waals surface area contributed by atoms with E-state index in [1.165, 1.54) is 13.2 Å². The van der Waals surface area contributed by atoms with Crippen molar-refractivity contribution in [3.05, 3.63) is 80.4 Å². The quantitative estimate of drug-likeness (QED) is 0.418. The molecular formula is C27H20O7. The minimum absolute atomic E-state index is 0.0369. The van der Waals surface area contributed by atoms with Gasteiger partial charge in [-0.1, -0.05) is 11.6 Å². The van der Waals surface area contributed by atoms with Crippen LogP contribution in [0.15, 0.2) is 45.6 Å².